The van der Waals surface area contributed by atoms with Crippen molar-refractivity contribution in [3.05, 3.63) is 47.2 Å². The summed E-state index contributed by atoms with van der Waals surface area (Å²) in [7, 11) is 5.82. The van der Waals surface area contributed by atoms with Gasteiger partial charge in [-0.15, -0.1) is 11.3 Å². The van der Waals surface area contributed by atoms with Crippen LogP contribution in [0.2, 0.25) is 0 Å². The summed E-state index contributed by atoms with van der Waals surface area (Å²) >= 11 is 2.49. The molecule has 144 valence electrons. The Bertz CT molecular complexity index is 1070. The highest BCUT2D eigenvalue weighted by atomic mass is 32.1. The molecule has 0 N–H and O–H groups in total. The van der Waals surface area contributed by atoms with E-state index in [0.29, 0.717) is 10.6 Å². The van der Waals surface area contributed by atoms with Gasteiger partial charge in [0, 0.05) is 39.2 Å². The Hall–Kier alpha value is -2.91. The fraction of sp³-hybridized carbons (Fsp3) is 0.211. The van der Waals surface area contributed by atoms with Crippen LogP contribution in [0.1, 0.15) is 15.4 Å². The van der Waals surface area contributed by atoms with Crippen molar-refractivity contribution in [1.29, 1.82) is 0 Å². The molecule has 0 aliphatic rings. The molecule has 0 aliphatic carbocycles. The van der Waals surface area contributed by atoms with Crippen molar-refractivity contribution in [2.24, 2.45) is 4.99 Å². The van der Waals surface area contributed by atoms with Gasteiger partial charge in [-0.2, -0.15) is 8.75 Å². The molecule has 3 rings (SSSR count). The first-order valence-electron chi connectivity index (χ1n) is 8.44. The Morgan fingerprint density at radius 1 is 1.18 bits per heavy atom. The van der Waals surface area contributed by atoms with Gasteiger partial charge >= 0.3 is 0 Å². The number of pyridine rings is 1. The van der Waals surface area contributed by atoms with E-state index in [1.165, 1.54) is 11.3 Å². The number of thiophene rings is 1. The number of aliphatic imine (C=N–C) groups is 1. The molecule has 7 nitrogen and oxygen atoms in total. The van der Waals surface area contributed by atoms with Crippen LogP contribution in [0.15, 0.2) is 41.7 Å². The van der Waals surface area contributed by atoms with Crippen LogP contribution < -0.4 is 9.80 Å². The number of hydrogen-bond acceptors (Lipinski definition) is 8. The topological polar surface area (TPSA) is 74.6 Å². The second-order valence-corrected chi connectivity index (χ2v) is 7.78. The van der Waals surface area contributed by atoms with Gasteiger partial charge in [0.2, 0.25) is 0 Å². The van der Waals surface area contributed by atoms with Crippen molar-refractivity contribution in [1.82, 2.24) is 13.7 Å². The van der Waals surface area contributed by atoms with Crippen LogP contribution >= 0.6 is 23.1 Å². The van der Waals surface area contributed by atoms with Gasteiger partial charge in [0.25, 0.3) is 0 Å². The maximum atomic E-state index is 11.6. The number of rotatable bonds is 5. The number of aldehydes is 1. The van der Waals surface area contributed by atoms with E-state index >= 15 is 0 Å². The molecule has 9 heteroatoms. The summed E-state index contributed by atoms with van der Waals surface area (Å²) in [4.78, 5) is 25.9. The number of nitrogens with zero attached hydrogens (tertiary/aromatic N) is 6. The molecule has 0 atom stereocenters. The standard InChI is InChI=1S/C19H20N6OS2/c1-13-10-14(6-5-8-22-28-23-13)25(4)12-21-18-16(11-26)27-19-17(18)15(24(2)3)7-9-20-19/h5-12H,1-4H3. The van der Waals surface area contributed by atoms with Crippen molar-refractivity contribution in [2.75, 3.05) is 30.9 Å². The van der Waals surface area contributed by atoms with Gasteiger partial charge in [-0.05, 0) is 31.2 Å². The molecule has 0 saturated heterocycles. The highest BCUT2D eigenvalue weighted by molar-refractivity contribution is 7.21. The highest BCUT2D eigenvalue weighted by Gasteiger charge is 2.16. The summed E-state index contributed by atoms with van der Waals surface area (Å²) in [6.07, 6.45) is 5.98. The molecule has 0 fully saturated rings. The van der Waals surface area contributed by atoms with Crippen LogP contribution in [0.4, 0.5) is 17.1 Å². The van der Waals surface area contributed by atoms with Crippen molar-refractivity contribution in [2.45, 2.75) is 6.92 Å². The smallest absolute Gasteiger partial charge is 0.162 e. The molecule has 3 heterocycles. The Morgan fingerprint density at radius 3 is 2.75 bits per heavy atom. The molecule has 0 spiro atoms. The first kappa shape index (κ1) is 19.8. The molecule has 28 heavy (non-hydrogen) atoms. The van der Waals surface area contributed by atoms with E-state index in [-0.39, 0.29) is 0 Å². The lowest BCUT2D eigenvalue weighted by molar-refractivity contribution is 0.112. The van der Waals surface area contributed by atoms with Crippen LogP contribution in [0.25, 0.3) is 10.2 Å². The van der Waals surface area contributed by atoms with Crippen molar-refractivity contribution < 1.29 is 4.79 Å². The Balaban J connectivity index is 2.08. The number of anilines is 2. The minimum absolute atomic E-state index is 0.557. The molecule has 0 radical (unpaired) electrons. The van der Waals surface area contributed by atoms with E-state index < -0.39 is 0 Å². The van der Waals surface area contributed by atoms with Crippen LogP contribution in [0.5, 0.6) is 0 Å². The summed E-state index contributed by atoms with van der Waals surface area (Å²) in [5.74, 6) is 0. The van der Waals surface area contributed by atoms with E-state index in [0.717, 1.165) is 45.3 Å². The molecule has 3 aromatic rings. The second-order valence-electron chi connectivity index (χ2n) is 6.19. The minimum Gasteiger partial charge on any atom is -0.377 e. The summed E-state index contributed by atoms with van der Waals surface area (Å²) in [6.45, 7) is 1.92. The highest BCUT2D eigenvalue weighted by Crippen LogP contribution is 2.40. The molecule has 0 unspecified atom stereocenters. The molecule has 0 aromatic carbocycles. The quantitative estimate of drug-likeness (QED) is 0.354. The molecule has 0 bridgehead atoms. The zero-order valence-corrected chi connectivity index (χ0v) is 17.7. The molecule has 0 aliphatic heterocycles. The fourth-order valence-electron chi connectivity index (χ4n) is 2.60. The second kappa shape index (κ2) is 8.85. The predicted molar refractivity (Wildman–Crippen MR) is 118 cm³/mol. The third-order valence-corrected chi connectivity index (χ3v) is 5.53. The summed E-state index contributed by atoms with van der Waals surface area (Å²) in [5, 5.41) is 0.879. The number of carbonyl (C=O) groups excluding carboxylic acids is 1. The first-order valence-corrected chi connectivity index (χ1v) is 9.99. The van der Waals surface area contributed by atoms with Crippen LogP contribution in [-0.2, 0) is 0 Å². The van der Waals surface area contributed by atoms with Gasteiger partial charge in [-0.1, -0.05) is 0 Å². The predicted octanol–water partition coefficient (Wildman–Crippen LogP) is 4.26. The monoisotopic (exact) mass is 412 g/mol. The van der Waals surface area contributed by atoms with E-state index in [2.05, 4.69) is 18.7 Å². The Labute approximate surface area is 171 Å². The number of aromatic nitrogens is 3. The van der Waals surface area contributed by atoms with Gasteiger partial charge in [-0.25, -0.2) is 9.98 Å². The summed E-state index contributed by atoms with van der Waals surface area (Å²) in [5.41, 5.74) is 3.35. The number of carbonyl (C=O) groups is 1. The largest absolute Gasteiger partial charge is 0.377 e. The molecule has 0 saturated carbocycles. The molecular formula is C19H20N6OS2. The van der Waals surface area contributed by atoms with E-state index in [9.17, 15) is 4.79 Å². The van der Waals surface area contributed by atoms with E-state index in [1.807, 2.05) is 62.1 Å². The Kier molecular flexibility index (Phi) is 6.27. The average molecular weight is 413 g/mol. The van der Waals surface area contributed by atoms with E-state index in [4.69, 9.17) is 0 Å². The average Bonchev–Trinajstić information content (AvgIpc) is 3.08. The van der Waals surface area contributed by atoms with Gasteiger partial charge in [-0.3, -0.25) is 4.79 Å². The number of aryl methyl sites for hydroxylation is 1. The lowest BCUT2D eigenvalue weighted by atomic mass is 10.2. The minimum atomic E-state index is 0.557. The maximum Gasteiger partial charge on any atom is 0.162 e. The zero-order chi connectivity index (χ0) is 20.1. The lowest BCUT2D eigenvalue weighted by Gasteiger charge is -2.14. The van der Waals surface area contributed by atoms with Gasteiger partial charge in [0.05, 0.1) is 45.4 Å². The summed E-state index contributed by atoms with van der Waals surface area (Å²) in [6, 6.07) is 7.65. The molecule has 0 amide bonds. The van der Waals surface area contributed by atoms with Crippen molar-refractivity contribution in [3.63, 3.8) is 0 Å². The van der Waals surface area contributed by atoms with Crippen molar-refractivity contribution in [3.8, 4) is 0 Å². The van der Waals surface area contributed by atoms with Crippen LogP contribution in [0.3, 0.4) is 0 Å². The van der Waals surface area contributed by atoms with E-state index in [1.54, 1.807) is 18.7 Å². The third kappa shape index (κ3) is 4.32. The van der Waals surface area contributed by atoms with Crippen molar-refractivity contribution >= 4 is 63.0 Å². The van der Waals surface area contributed by atoms with Crippen LogP contribution in [0, 0.1) is 6.92 Å². The number of hydrogen-bond donors (Lipinski definition) is 0. The molecular weight excluding hydrogens is 392 g/mol. The first-order chi connectivity index (χ1) is 13.5. The molecule has 3 aromatic heterocycles. The maximum absolute atomic E-state index is 11.6. The SMILES string of the molecule is Cc1cc(N(C)C=Nc2c(C=O)sc3nccc(N(C)C)c23)cccnsn1. The van der Waals surface area contributed by atoms with Crippen LogP contribution in [-0.4, -0.2) is 47.5 Å². The fourth-order valence-corrected chi connectivity index (χ4v) is 3.88. The van der Waals surface area contributed by atoms with Gasteiger partial charge in [0.1, 0.15) is 4.83 Å². The number of fused-ring (bicyclic) bond motifs is 1. The normalized spacial score (nSPS) is 10.9. The lowest BCUT2D eigenvalue weighted by Crippen LogP contribution is -2.13. The summed E-state index contributed by atoms with van der Waals surface area (Å²) < 4.78 is 8.36. The van der Waals surface area contributed by atoms with Gasteiger partial charge < -0.3 is 9.80 Å². The Morgan fingerprint density at radius 2 is 2.00 bits per heavy atom. The van der Waals surface area contributed by atoms with Gasteiger partial charge in [0.15, 0.2) is 6.29 Å². The third-order valence-electron chi connectivity index (χ3n) is 3.93. The zero-order valence-electron chi connectivity index (χ0n) is 16.0.